The van der Waals surface area contributed by atoms with Gasteiger partial charge in [-0.3, -0.25) is 9.59 Å². The zero-order valence-corrected chi connectivity index (χ0v) is 31.6. The molecule has 3 saturated carbocycles. The van der Waals surface area contributed by atoms with Gasteiger partial charge in [-0.05, 0) is 94.9 Å². The molecule has 6 aromatic heterocycles. The Morgan fingerprint density at radius 1 is 0.709 bits per heavy atom. The minimum atomic E-state index is -1.01. The molecule has 20 heteroatoms. The van der Waals surface area contributed by atoms with Crippen LogP contribution in [0, 0.1) is 17.8 Å². The molecule has 9 rings (SSSR count). The number of carbonyl (C=O) groups excluding carboxylic acids is 2. The fourth-order valence-corrected chi connectivity index (χ4v) is 5.06. The number of nitrogens with zero attached hydrogens (tertiary/aromatic N) is 9. The Hall–Kier alpha value is -4.96. The number of anilines is 2. The van der Waals surface area contributed by atoms with E-state index < -0.39 is 5.97 Å². The van der Waals surface area contributed by atoms with Gasteiger partial charge in [-0.1, -0.05) is 11.6 Å². The second-order valence-corrected chi connectivity index (χ2v) is 13.5. The average molecular weight is 771 g/mol. The molecule has 0 atom stereocenters. The predicted molar refractivity (Wildman–Crippen MR) is 201 cm³/mol. The summed E-state index contributed by atoms with van der Waals surface area (Å²) in [5, 5.41) is 27.8. The van der Waals surface area contributed by atoms with Gasteiger partial charge >= 0.3 is 24.8 Å². The van der Waals surface area contributed by atoms with Gasteiger partial charge in [0.25, 0.3) is 0 Å². The van der Waals surface area contributed by atoms with E-state index in [9.17, 15) is 14.4 Å². The molecule has 0 radical (unpaired) electrons. The van der Waals surface area contributed by atoms with Crippen molar-refractivity contribution in [3.8, 4) is 0 Å². The van der Waals surface area contributed by atoms with E-state index in [1.165, 1.54) is 73.8 Å². The molecule has 0 saturated heterocycles. The van der Waals surface area contributed by atoms with Crippen LogP contribution in [0.3, 0.4) is 0 Å². The fraction of sp³-hybridized carbons (Fsp3) is 0.400. The van der Waals surface area contributed by atoms with Crippen LogP contribution in [0.15, 0.2) is 55.4 Å². The van der Waals surface area contributed by atoms with Crippen LogP contribution in [0.25, 0.3) is 16.9 Å². The van der Waals surface area contributed by atoms with Crippen molar-refractivity contribution in [2.45, 2.75) is 52.4 Å². The molecule has 0 aromatic carbocycles. The molecule has 6 heterocycles. The largest absolute Gasteiger partial charge is 1.00 e. The van der Waals surface area contributed by atoms with Gasteiger partial charge in [0.2, 0.25) is 0 Å². The van der Waals surface area contributed by atoms with Crippen LogP contribution in [0.4, 0.5) is 11.6 Å². The van der Waals surface area contributed by atoms with E-state index in [1.54, 1.807) is 35.2 Å². The topological polar surface area (TPSA) is 274 Å². The molecule has 3 fully saturated rings. The molecule has 55 heavy (non-hydrogen) atoms. The Balaban J connectivity index is 0.000000204. The summed E-state index contributed by atoms with van der Waals surface area (Å²) in [5.41, 5.74) is 7.91. The maximum absolute atomic E-state index is 11.4. The van der Waals surface area contributed by atoms with E-state index in [-0.39, 0.29) is 46.9 Å². The van der Waals surface area contributed by atoms with E-state index >= 15 is 0 Å². The molecule has 18 nitrogen and oxygen atoms in total. The number of nitrogens with one attached hydrogen (secondary N) is 2. The van der Waals surface area contributed by atoms with Gasteiger partial charge in [0.1, 0.15) is 22.4 Å². The summed E-state index contributed by atoms with van der Waals surface area (Å²) in [6.45, 7) is 5.79. The van der Waals surface area contributed by atoms with Crippen LogP contribution in [-0.4, -0.2) is 97.0 Å². The molecule has 3 aliphatic rings. The predicted octanol–water partition coefficient (Wildman–Crippen LogP) is 0.946. The zero-order valence-electron chi connectivity index (χ0n) is 30.9. The summed E-state index contributed by atoms with van der Waals surface area (Å²) in [4.78, 5) is 46.1. The number of aromatic carboxylic acids is 1. The van der Waals surface area contributed by atoms with Crippen LogP contribution in [-0.2, 0) is 0 Å². The van der Waals surface area contributed by atoms with Crippen LogP contribution in [0.1, 0.15) is 83.4 Å². The van der Waals surface area contributed by atoms with Gasteiger partial charge in [0, 0.05) is 31.7 Å². The first-order valence-electron chi connectivity index (χ1n) is 17.2. The number of rotatable bonds is 10. The normalized spacial score (nSPS) is 14.0. The molecule has 6 aromatic rings. The summed E-state index contributed by atoms with van der Waals surface area (Å²) >= 11 is 5.69. The van der Waals surface area contributed by atoms with E-state index in [2.05, 4.69) is 40.9 Å². The van der Waals surface area contributed by atoms with Crippen LogP contribution in [0.5, 0.6) is 0 Å². The molecular formula is C35H44ClLiN12O6. The number of hydrogen-bond donors (Lipinski definition) is 4. The van der Waals surface area contributed by atoms with Crippen LogP contribution < -0.4 is 35.2 Å². The zero-order chi connectivity index (χ0) is 36.8. The van der Waals surface area contributed by atoms with E-state index in [1.807, 2.05) is 12.3 Å². The summed E-state index contributed by atoms with van der Waals surface area (Å²) in [5.74, 6) is 2.89. The molecule has 0 bridgehead atoms. The third-order valence-electron chi connectivity index (χ3n) is 8.63. The first-order valence-corrected chi connectivity index (χ1v) is 17.6. The molecule has 0 unspecified atom stereocenters. The third-order valence-corrected chi connectivity index (χ3v) is 8.84. The first-order chi connectivity index (χ1) is 25.1. The van der Waals surface area contributed by atoms with Crippen molar-refractivity contribution in [3.05, 3.63) is 77.2 Å². The first kappa shape index (κ1) is 44.4. The molecular weight excluding hydrogens is 727 g/mol. The van der Waals surface area contributed by atoms with Crippen molar-refractivity contribution in [1.82, 2.24) is 43.8 Å². The minimum Gasteiger partial charge on any atom is -0.870 e. The van der Waals surface area contributed by atoms with E-state index in [0.717, 1.165) is 43.2 Å². The standard InChI is InChI=1S/C12H14N4O.C11H12N4O2.C8H6ClN3O.C4H9N.Li.2H2O/c1-8(17)10-7-14-16-5-4-11(15-12(10)16)13-6-9-2-3-9;16-11(17)8-6-13-15-4-3-9(14-10(8)15)12-5-7-1-2-7;1-5(13)6-4-10-12-3-2-7(9)11-8(6)12;5-3-4-1-2-4;;;/h4-5,7,9H,2-3,6H2,1H3,(H,13,15);3-4,6-7H,1-2,5H2,(H,12,14)(H,16,17);2-4H,1H3;4H,1-3,5H2;;2*1H2/q;;;;+1;;/p-1. The average Bonchev–Trinajstić information content (AvgIpc) is 4.09. The molecule has 0 aliphatic heterocycles. The van der Waals surface area contributed by atoms with Crippen molar-refractivity contribution < 1.29 is 49.3 Å². The number of carboxylic acid groups (broad SMARTS) is 1. The maximum Gasteiger partial charge on any atom is 1.00 e. The number of ketones is 2. The van der Waals surface area contributed by atoms with Gasteiger partial charge < -0.3 is 32.4 Å². The Bertz CT molecular complexity index is 2110. The molecule has 0 spiro atoms. The summed E-state index contributed by atoms with van der Waals surface area (Å²) in [6.07, 6.45) is 17.5. The van der Waals surface area contributed by atoms with Crippen molar-refractivity contribution >= 4 is 57.7 Å². The van der Waals surface area contributed by atoms with E-state index in [4.69, 9.17) is 22.4 Å². The SMILES string of the molecule is CC(=O)c1cnn2ccc(Cl)nc12.CC(=O)c1cnn2ccc(NCC3CC3)nc12.NCC1CC1.O.O=C(O)c1cnn2ccc(NCC3CC3)nc12.[Li+].[OH-]. The van der Waals surface area contributed by atoms with Crippen molar-refractivity contribution in [3.63, 3.8) is 0 Å². The summed E-state index contributed by atoms with van der Waals surface area (Å²) in [7, 11) is 0. The molecule has 3 aliphatic carbocycles. The van der Waals surface area contributed by atoms with Gasteiger partial charge in [0.05, 0.1) is 29.7 Å². The van der Waals surface area contributed by atoms with Crippen LogP contribution in [0.2, 0.25) is 5.15 Å². The number of aromatic nitrogens is 9. The third kappa shape index (κ3) is 12.3. The Labute approximate surface area is 333 Å². The second kappa shape index (κ2) is 20.1. The summed E-state index contributed by atoms with van der Waals surface area (Å²) in [6, 6.07) is 5.30. The smallest absolute Gasteiger partial charge is 0.870 e. The Kier molecular flexibility index (Phi) is 16.2. The number of halogens is 1. The van der Waals surface area contributed by atoms with Crippen molar-refractivity contribution in [1.29, 1.82) is 0 Å². The monoisotopic (exact) mass is 770 g/mol. The fourth-order valence-electron chi connectivity index (χ4n) is 4.92. The van der Waals surface area contributed by atoms with Crippen LogP contribution >= 0.6 is 11.6 Å². The summed E-state index contributed by atoms with van der Waals surface area (Å²) < 4.78 is 4.60. The van der Waals surface area contributed by atoms with E-state index in [0.29, 0.717) is 39.0 Å². The quantitative estimate of drug-likeness (QED) is 0.0858. The van der Waals surface area contributed by atoms with Crippen molar-refractivity contribution in [2.24, 2.45) is 23.5 Å². The van der Waals surface area contributed by atoms with Gasteiger partial charge in [-0.2, -0.15) is 15.3 Å². The van der Waals surface area contributed by atoms with Gasteiger partial charge in [0.15, 0.2) is 28.5 Å². The Morgan fingerprint density at radius 3 is 1.45 bits per heavy atom. The molecule has 8 N–H and O–H groups in total. The van der Waals surface area contributed by atoms with Crippen molar-refractivity contribution in [2.75, 3.05) is 30.3 Å². The minimum absolute atomic E-state index is 0. The Morgan fingerprint density at radius 2 is 1.09 bits per heavy atom. The number of carbonyl (C=O) groups is 3. The maximum atomic E-state index is 11.4. The number of carboxylic acids is 1. The number of Topliss-reactive ketones (excluding diaryl/α,β-unsaturated/α-hetero) is 2. The number of fused-ring (bicyclic) bond motifs is 3. The molecule has 288 valence electrons. The number of nitrogens with two attached hydrogens (primary N) is 1. The second-order valence-electron chi connectivity index (χ2n) is 13.1. The molecule has 0 amide bonds. The van der Waals surface area contributed by atoms with Gasteiger partial charge in [-0.25, -0.2) is 33.3 Å². The number of hydrogen-bond acceptors (Lipinski definition) is 13. The van der Waals surface area contributed by atoms with Gasteiger partial charge in [-0.15, -0.1) is 0 Å².